The summed E-state index contributed by atoms with van der Waals surface area (Å²) in [6.45, 7) is 8.08. The summed E-state index contributed by atoms with van der Waals surface area (Å²) in [6.07, 6.45) is 0.522. The van der Waals surface area contributed by atoms with Crippen molar-refractivity contribution in [2.24, 2.45) is 11.8 Å². The van der Waals surface area contributed by atoms with Gasteiger partial charge in [0.15, 0.2) is 0 Å². The molecule has 0 unspecified atom stereocenters. The van der Waals surface area contributed by atoms with Gasteiger partial charge in [-0.15, -0.1) is 0 Å². The molecule has 0 aliphatic carbocycles. The molecule has 11 heteroatoms. The first-order valence-corrected chi connectivity index (χ1v) is 14.3. The van der Waals surface area contributed by atoms with Crippen LogP contribution in [0.15, 0.2) is 48.5 Å². The van der Waals surface area contributed by atoms with Crippen molar-refractivity contribution in [2.45, 2.75) is 65.1 Å². The Morgan fingerprint density at radius 1 is 1.02 bits per heavy atom. The largest absolute Gasteiger partial charge is 0.492 e. The Hall–Kier alpha value is -4.15. The van der Waals surface area contributed by atoms with Crippen LogP contribution in [0.3, 0.4) is 0 Å². The lowest BCUT2D eigenvalue weighted by Crippen LogP contribution is -2.53. The van der Waals surface area contributed by atoms with E-state index in [1.165, 1.54) is 24.3 Å². The molecule has 0 radical (unpaired) electrons. The van der Waals surface area contributed by atoms with E-state index in [4.69, 9.17) is 9.47 Å². The Kier molecular flexibility index (Phi) is 12.1. The molecule has 4 amide bonds. The summed E-state index contributed by atoms with van der Waals surface area (Å²) in [4.78, 5) is 52.6. The fourth-order valence-electron chi connectivity index (χ4n) is 4.56. The zero-order valence-electron chi connectivity index (χ0n) is 24.6. The number of rotatable bonds is 8. The minimum absolute atomic E-state index is 0.00629. The second-order valence-corrected chi connectivity index (χ2v) is 11.1. The molecule has 4 N–H and O–H groups in total. The number of benzene rings is 2. The summed E-state index contributed by atoms with van der Waals surface area (Å²) in [7, 11) is 0. The number of carbonyl (C=O) groups is 4. The molecule has 0 saturated heterocycles. The third kappa shape index (κ3) is 10.0. The van der Waals surface area contributed by atoms with Crippen molar-refractivity contribution in [2.75, 3.05) is 19.8 Å². The Bertz CT molecular complexity index is 1220. The monoisotopic (exact) mass is 584 g/mol. The molecule has 3 rings (SSSR count). The molecular formula is C31H41FN4O6. The maximum Gasteiger partial charge on any atom is 0.255 e. The van der Waals surface area contributed by atoms with Crippen molar-refractivity contribution in [1.29, 1.82) is 0 Å². The summed E-state index contributed by atoms with van der Waals surface area (Å²) < 4.78 is 24.7. The topological polar surface area (TPSA) is 135 Å². The Labute approximate surface area is 246 Å². The van der Waals surface area contributed by atoms with E-state index in [9.17, 15) is 23.6 Å². The van der Waals surface area contributed by atoms with Crippen LogP contribution in [0.5, 0.6) is 11.5 Å². The van der Waals surface area contributed by atoms with Crippen LogP contribution in [0.25, 0.3) is 0 Å². The van der Waals surface area contributed by atoms with E-state index >= 15 is 0 Å². The summed E-state index contributed by atoms with van der Waals surface area (Å²) in [5.74, 6) is -1.33. The molecule has 1 aliphatic heterocycles. The van der Waals surface area contributed by atoms with Gasteiger partial charge in [-0.1, -0.05) is 39.8 Å². The van der Waals surface area contributed by atoms with E-state index in [2.05, 4.69) is 21.3 Å². The number of ether oxygens (including phenoxy) is 2. The fraction of sp³-hybridized carbons (Fsp3) is 0.484. The first-order valence-electron chi connectivity index (χ1n) is 14.3. The zero-order chi connectivity index (χ0) is 30.6. The second kappa shape index (κ2) is 15.7. The third-order valence-electron chi connectivity index (χ3n) is 6.71. The maximum absolute atomic E-state index is 13.3. The smallest absolute Gasteiger partial charge is 0.255 e. The number of fused-ring (bicyclic) bond motifs is 1. The molecule has 0 bridgehead atoms. The molecule has 3 atom stereocenters. The third-order valence-corrected chi connectivity index (χ3v) is 6.71. The molecule has 0 aromatic heterocycles. The number of halogens is 1. The molecule has 42 heavy (non-hydrogen) atoms. The Balaban J connectivity index is 1.78. The standard InChI is InChI=1S/C31H41FN4O6/c1-19(2)17-22-18-42-26-8-6-5-7-24(26)29(38)35-25(13-14-27(37)36-28(20(3)4)31(40)34-22)30(39)33-15-16-41-23-11-9-21(32)10-12-23/h5-12,19-20,22,25,28H,13-18H2,1-4H3,(H,33,39)(H,34,40)(H,35,38)(H,36,37)/t22-,25+,28-/m1/s1. The van der Waals surface area contributed by atoms with Crippen molar-refractivity contribution >= 4 is 23.6 Å². The number of hydrogen-bond acceptors (Lipinski definition) is 6. The average Bonchev–Trinajstić information content (AvgIpc) is 2.95. The number of hydrogen-bond donors (Lipinski definition) is 4. The molecule has 2 aromatic carbocycles. The average molecular weight is 585 g/mol. The molecular weight excluding hydrogens is 543 g/mol. The van der Waals surface area contributed by atoms with E-state index in [1.54, 1.807) is 24.3 Å². The van der Waals surface area contributed by atoms with Crippen LogP contribution in [0.4, 0.5) is 4.39 Å². The summed E-state index contributed by atoms with van der Waals surface area (Å²) in [5.41, 5.74) is 0.226. The molecule has 1 heterocycles. The van der Waals surface area contributed by atoms with Gasteiger partial charge in [0.2, 0.25) is 17.7 Å². The van der Waals surface area contributed by atoms with E-state index in [0.717, 1.165) is 0 Å². The van der Waals surface area contributed by atoms with Crippen molar-refractivity contribution in [3.05, 3.63) is 59.9 Å². The van der Waals surface area contributed by atoms with Gasteiger partial charge in [-0.25, -0.2) is 4.39 Å². The predicted molar refractivity (Wildman–Crippen MR) is 155 cm³/mol. The normalized spacial score (nSPS) is 20.3. The van der Waals surface area contributed by atoms with E-state index in [1.807, 2.05) is 27.7 Å². The molecule has 228 valence electrons. The molecule has 2 aromatic rings. The lowest BCUT2D eigenvalue weighted by atomic mass is 10.00. The first-order chi connectivity index (χ1) is 20.0. The predicted octanol–water partition coefficient (Wildman–Crippen LogP) is 2.96. The highest BCUT2D eigenvalue weighted by molar-refractivity contribution is 5.99. The molecule has 0 saturated carbocycles. The van der Waals surface area contributed by atoms with Gasteiger partial charge in [0, 0.05) is 6.42 Å². The van der Waals surface area contributed by atoms with E-state index < -0.39 is 29.8 Å². The summed E-state index contributed by atoms with van der Waals surface area (Å²) >= 11 is 0. The van der Waals surface area contributed by atoms with Gasteiger partial charge >= 0.3 is 0 Å². The van der Waals surface area contributed by atoms with Gasteiger partial charge in [0.25, 0.3) is 5.91 Å². The minimum Gasteiger partial charge on any atom is -0.492 e. The van der Waals surface area contributed by atoms with Gasteiger partial charge in [-0.2, -0.15) is 0 Å². The van der Waals surface area contributed by atoms with Gasteiger partial charge in [0.05, 0.1) is 18.2 Å². The van der Waals surface area contributed by atoms with Crippen molar-refractivity contribution in [1.82, 2.24) is 21.3 Å². The highest BCUT2D eigenvalue weighted by Gasteiger charge is 2.29. The lowest BCUT2D eigenvalue weighted by molar-refractivity contribution is -0.131. The van der Waals surface area contributed by atoms with Gasteiger partial charge < -0.3 is 30.7 Å². The molecule has 0 fully saturated rings. The quantitative estimate of drug-likeness (QED) is 0.353. The second-order valence-electron chi connectivity index (χ2n) is 11.1. The number of carbonyl (C=O) groups excluding carboxylic acids is 4. The highest BCUT2D eigenvalue weighted by Crippen LogP contribution is 2.20. The van der Waals surface area contributed by atoms with Crippen molar-refractivity contribution < 1.29 is 33.0 Å². The van der Waals surface area contributed by atoms with Crippen LogP contribution in [-0.2, 0) is 14.4 Å². The SMILES string of the molecule is CC(C)C[C@@H]1COc2ccccc2C(=O)N[C@H](C(=O)NCCOc2ccc(F)cc2)CCC(=O)N[C@H](C(C)C)C(=O)N1. The van der Waals surface area contributed by atoms with Crippen LogP contribution >= 0.6 is 0 Å². The van der Waals surface area contributed by atoms with Crippen LogP contribution in [0, 0.1) is 17.7 Å². The Morgan fingerprint density at radius 2 is 1.74 bits per heavy atom. The van der Waals surface area contributed by atoms with E-state index in [0.29, 0.717) is 17.9 Å². The highest BCUT2D eigenvalue weighted by atomic mass is 19.1. The zero-order valence-corrected chi connectivity index (χ0v) is 24.6. The minimum atomic E-state index is -1.05. The van der Waals surface area contributed by atoms with Crippen LogP contribution in [0.2, 0.25) is 0 Å². The first kappa shape index (κ1) is 32.4. The maximum atomic E-state index is 13.3. The van der Waals surface area contributed by atoms with Gasteiger partial charge in [-0.3, -0.25) is 19.2 Å². The summed E-state index contributed by atoms with van der Waals surface area (Å²) in [6, 6.07) is 9.98. The van der Waals surface area contributed by atoms with Crippen LogP contribution < -0.4 is 30.7 Å². The van der Waals surface area contributed by atoms with Crippen LogP contribution in [-0.4, -0.2) is 61.5 Å². The van der Waals surface area contributed by atoms with Gasteiger partial charge in [0.1, 0.15) is 42.6 Å². The molecule has 0 spiro atoms. The number of para-hydroxylation sites is 1. The molecule has 1 aliphatic rings. The van der Waals surface area contributed by atoms with E-state index in [-0.39, 0.29) is 67.8 Å². The lowest BCUT2D eigenvalue weighted by Gasteiger charge is -2.26. The number of nitrogens with one attached hydrogen (secondary N) is 4. The van der Waals surface area contributed by atoms with Crippen molar-refractivity contribution in [3.63, 3.8) is 0 Å². The van der Waals surface area contributed by atoms with Crippen molar-refractivity contribution in [3.8, 4) is 11.5 Å². The summed E-state index contributed by atoms with van der Waals surface area (Å²) in [5, 5.41) is 11.3. The Morgan fingerprint density at radius 3 is 2.43 bits per heavy atom. The van der Waals surface area contributed by atoms with Gasteiger partial charge in [-0.05, 0) is 61.1 Å². The molecule has 10 nitrogen and oxygen atoms in total. The van der Waals surface area contributed by atoms with Crippen LogP contribution in [0.1, 0.15) is 57.3 Å². The number of amides is 4. The fourth-order valence-corrected chi connectivity index (χ4v) is 4.56.